The summed E-state index contributed by atoms with van der Waals surface area (Å²) in [6, 6.07) is 0. The van der Waals surface area contributed by atoms with Crippen molar-refractivity contribution in [2.45, 2.75) is 46.0 Å². The molecule has 1 aliphatic heterocycles. The van der Waals surface area contributed by atoms with Gasteiger partial charge in [0.1, 0.15) is 6.42 Å². The lowest BCUT2D eigenvalue weighted by molar-refractivity contribution is -0.147. The SMILES string of the molecule is CCOC(=O)CC(=O)CN1CCC(CC)CCC1=O. The molecule has 5 nitrogen and oxygen atoms in total. The molecule has 0 aromatic heterocycles. The molecule has 0 aromatic carbocycles. The summed E-state index contributed by atoms with van der Waals surface area (Å²) in [4.78, 5) is 36.4. The zero-order chi connectivity index (χ0) is 14.3. The lowest BCUT2D eigenvalue weighted by Crippen LogP contribution is -2.36. The molecule has 1 fully saturated rings. The van der Waals surface area contributed by atoms with Gasteiger partial charge >= 0.3 is 5.97 Å². The van der Waals surface area contributed by atoms with Gasteiger partial charge in [-0.3, -0.25) is 14.4 Å². The average molecular weight is 269 g/mol. The molecule has 1 saturated heterocycles. The highest BCUT2D eigenvalue weighted by Crippen LogP contribution is 2.20. The first-order valence-corrected chi connectivity index (χ1v) is 7.01. The van der Waals surface area contributed by atoms with Crippen LogP contribution >= 0.6 is 0 Å². The number of carbonyl (C=O) groups is 3. The predicted octanol–water partition coefficient (Wildman–Crippen LogP) is 1.55. The van der Waals surface area contributed by atoms with Crippen molar-refractivity contribution in [1.82, 2.24) is 4.90 Å². The summed E-state index contributed by atoms with van der Waals surface area (Å²) >= 11 is 0. The van der Waals surface area contributed by atoms with Gasteiger partial charge in [-0.2, -0.15) is 0 Å². The molecule has 0 saturated carbocycles. The molecule has 0 N–H and O–H groups in total. The Hall–Kier alpha value is -1.39. The Bertz CT molecular complexity index is 340. The van der Waals surface area contributed by atoms with E-state index in [1.54, 1.807) is 11.8 Å². The maximum atomic E-state index is 11.9. The molecule has 1 unspecified atom stereocenters. The van der Waals surface area contributed by atoms with Crippen LogP contribution in [0.3, 0.4) is 0 Å². The van der Waals surface area contributed by atoms with Gasteiger partial charge < -0.3 is 9.64 Å². The third-order valence-corrected chi connectivity index (χ3v) is 3.52. The third kappa shape index (κ3) is 5.41. The maximum absolute atomic E-state index is 11.9. The first-order valence-electron chi connectivity index (χ1n) is 7.01. The van der Waals surface area contributed by atoms with Crippen LogP contribution in [0.5, 0.6) is 0 Å². The monoisotopic (exact) mass is 269 g/mol. The number of hydrogen-bond acceptors (Lipinski definition) is 4. The van der Waals surface area contributed by atoms with Crippen molar-refractivity contribution in [3.63, 3.8) is 0 Å². The van der Waals surface area contributed by atoms with E-state index in [1.165, 1.54) is 0 Å². The second-order valence-electron chi connectivity index (χ2n) is 4.94. The Morgan fingerprint density at radius 1 is 1.32 bits per heavy atom. The Morgan fingerprint density at radius 2 is 2.05 bits per heavy atom. The van der Waals surface area contributed by atoms with Crippen LogP contribution in [0.2, 0.25) is 0 Å². The highest BCUT2D eigenvalue weighted by atomic mass is 16.5. The third-order valence-electron chi connectivity index (χ3n) is 3.52. The maximum Gasteiger partial charge on any atom is 0.313 e. The normalized spacial score (nSPS) is 20.0. The van der Waals surface area contributed by atoms with Gasteiger partial charge in [-0.1, -0.05) is 13.3 Å². The van der Waals surface area contributed by atoms with Gasteiger partial charge in [-0.15, -0.1) is 0 Å². The number of nitrogens with zero attached hydrogens (tertiary/aromatic N) is 1. The molecule has 0 bridgehead atoms. The standard InChI is InChI=1S/C14H23NO4/c1-3-11-5-6-13(17)15(8-7-11)10-12(16)9-14(18)19-4-2/h11H,3-10H2,1-2H3. The molecule has 1 aliphatic rings. The van der Waals surface area contributed by atoms with E-state index >= 15 is 0 Å². The number of carbonyl (C=O) groups excluding carboxylic acids is 3. The van der Waals surface area contributed by atoms with E-state index in [4.69, 9.17) is 4.74 Å². The molecule has 1 rings (SSSR count). The highest BCUT2D eigenvalue weighted by Gasteiger charge is 2.24. The number of ketones is 1. The van der Waals surface area contributed by atoms with E-state index in [0.29, 0.717) is 18.9 Å². The fraction of sp³-hybridized carbons (Fsp3) is 0.786. The van der Waals surface area contributed by atoms with Crippen molar-refractivity contribution in [1.29, 1.82) is 0 Å². The van der Waals surface area contributed by atoms with Gasteiger partial charge in [0, 0.05) is 13.0 Å². The van der Waals surface area contributed by atoms with Crippen molar-refractivity contribution in [2.75, 3.05) is 19.7 Å². The van der Waals surface area contributed by atoms with Crippen molar-refractivity contribution in [3.8, 4) is 0 Å². The van der Waals surface area contributed by atoms with E-state index in [1.807, 2.05) is 0 Å². The first-order chi connectivity index (χ1) is 9.06. The van der Waals surface area contributed by atoms with E-state index in [2.05, 4.69) is 6.92 Å². The summed E-state index contributed by atoms with van der Waals surface area (Å²) in [5.74, 6) is -0.176. The minimum atomic E-state index is -0.513. The lowest BCUT2D eigenvalue weighted by atomic mass is 9.98. The lowest BCUT2D eigenvalue weighted by Gasteiger charge is -2.19. The summed E-state index contributed by atoms with van der Waals surface area (Å²) in [7, 11) is 0. The van der Waals surface area contributed by atoms with E-state index in [0.717, 1.165) is 19.3 Å². The first kappa shape index (κ1) is 15.7. The van der Waals surface area contributed by atoms with Crippen molar-refractivity contribution >= 4 is 17.7 Å². The molecule has 0 radical (unpaired) electrons. The second-order valence-corrected chi connectivity index (χ2v) is 4.94. The molecule has 5 heteroatoms. The van der Waals surface area contributed by atoms with Gasteiger partial charge in [0.2, 0.25) is 5.91 Å². The molecule has 0 aromatic rings. The van der Waals surface area contributed by atoms with Crippen LogP contribution in [0.1, 0.15) is 46.0 Å². The molecule has 1 atom stereocenters. The van der Waals surface area contributed by atoms with Gasteiger partial charge in [-0.25, -0.2) is 0 Å². The number of amides is 1. The Morgan fingerprint density at radius 3 is 2.68 bits per heavy atom. The van der Waals surface area contributed by atoms with Crippen molar-refractivity contribution in [3.05, 3.63) is 0 Å². The van der Waals surface area contributed by atoms with Crippen LogP contribution in [0, 0.1) is 5.92 Å². The number of Topliss-reactive ketones (excluding diaryl/α,β-unsaturated/α-hetero) is 1. The number of rotatable bonds is 6. The van der Waals surface area contributed by atoms with E-state index < -0.39 is 5.97 Å². The van der Waals surface area contributed by atoms with Crippen LogP contribution in [0.15, 0.2) is 0 Å². The highest BCUT2D eigenvalue weighted by molar-refractivity contribution is 5.98. The summed E-state index contributed by atoms with van der Waals surface area (Å²) in [5, 5.41) is 0. The molecular weight excluding hydrogens is 246 g/mol. The topological polar surface area (TPSA) is 63.7 Å². The summed E-state index contributed by atoms with van der Waals surface area (Å²) in [6.07, 6.45) is 3.17. The molecule has 0 aliphatic carbocycles. The Balaban J connectivity index is 2.44. The smallest absolute Gasteiger partial charge is 0.313 e. The summed E-state index contributed by atoms with van der Waals surface area (Å²) in [5.41, 5.74) is 0. The van der Waals surface area contributed by atoms with Gasteiger partial charge in [0.25, 0.3) is 0 Å². The minimum Gasteiger partial charge on any atom is -0.466 e. The van der Waals surface area contributed by atoms with Crippen LogP contribution < -0.4 is 0 Å². The van der Waals surface area contributed by atoms with Crippen LogP contribution in [0.4, 0.5) is 0 Å². The van der Waals surface area contributed by atoms with Gasteiger partial charge in [-0.05, 0) is 25.7 Å². The molecule has 1 amide bonds. The number of hydrogen-bond donors (Lipinski definition) is 0. The second kappa shape index (κ2) is 7.92. The molecular formula is C14H23NO4. The molecule has 108 valence electrons. The predicted molar refractivity (Wildman–Crippen MR) is 70.5 cm³/mol. The molecule has 19 heavy (non-hydrogen) atoms. The largest absolute Gasteiger partial charge is 0.466 e. The van der Waals surface area contributed by atoms with Gasteiger partial charge in [0.05, 0.1) is 13.2 Å². The quantitative estimate of drug-likeness (QED) is 0.542. The van der Waals surface area contributed by atoms with Crippen LogP contribution in [-0.4, -0.2) is 42.3 Å². The fourth-order valence-electron chi connectivity index (χ4n) is 2.31. The van der Waals surface area contributed by atoms with Crippen molar-refractivity contribution < 1.29 is 19.1 Å². The number of likely N-dealkylation sites (tertiary alicyclic amines) is 1. The Labute approximate surface area is 114 Å². The summed E-state index contributed by atoms with van der Waals surface area (Å²) < 4.78 is 4.72. The number of esters is 1. The zero-order valence-corrected chi connectivity index (χ0v) is 11.8. The van der Waals surface area contributed by atoms with Crippen molar-refractivity contribution in [2.24, 2.45) is 5.92 Å². The molecule has 0 spiro atoms. The minimum absolute atomic E-state index is 0.0214. The van der Waals surface area contributed by atoms with Gasteiger partial charge in [0.15, 0.2) is 5.78 Å². The Kier molecular flexibility index (Phi) is 6.53. The fourth-order valence-corrected chi connectivity index (χ4v) is 2.31. The average Bonchev–Trinajstić information content (AvgIpc) is 2.53. The van der Waals surface area contributed by atoms with E-state index in [-0.39, 0.29) is 31.3 Å². The zero-order valence-electron chi connectivity index (χ0n) is 11.8. The van der Waals surface area contributed by atoms with Crippen LogP contribution in [-0.2, 0) is 19.1 Å². The number of ether oxygens (including phenoxy) is 1. The van der Waals surface area contributed by atoms with Crippen LogP contribution in [0.25, 0.3) is 0 Å². The summed E-state index contributed by atoms with van der Waals surface area (Å²) in [6.45, 7) is 4.75. The van der Waals surface area contributed by atoms with E-state index in [9.17, 15) is 14.4 Å². The molecule has 1 heterocycles.